The molecule has 19 heavy (non-hydrogen) atoms. The van der Waals surface area contributed by atoms with Gasteiger partial charge in [0.2, 0.25) is 0 Å². The van der Waals surface area contributed by atoms with Gasteiger partial charge in [0.1, 0.15) is 5.75 Å². The Morgan fingerprint density at radius 2 is 2.11 bits per heavy atom. The molecule has 1 amide bonds. The van der Waals surface area contributed by atoms with Crippen molar-refractivity contribution in [2.24, 2.45) is 0 Å². The number of rotatable bonds is 6. The third kappa shape index (κ3) is 4.13. The fraction of sp³-hybridized carbons (Fsp3) is 0.417. The van der Waals surface area contributed by atoms with Crippen molar-refractivity contribution >= 4 is 21.4 Å². The maximum Gasteiger partial charge on any atom is 0.253 e. The van der Waals surface area contributed by atoms with E-state index in [2.05, 4.69) is 5.32 Å². The van der Waals surface area contributed by atoms with Crippen molar-refractivity contribution in [3.05, 3.63) is 23.8 Å². The molecule has 106 valence electrons. The molecule has 0 fully saturated rings. The van der Waals surface area contributed by atoms with Crippen LogP contribution < -0.4 is 15.8 Å². The van der Waals surface area contributed by atoms with Gasteiger partial charge in [-0.15, -0.1) is 0 Å². The van der Waals surface area contributed by atoms with E-state index in [9.17, 15) is 13.2 Å². The summed E-state index contributed by atoms with van der Waals surface area (Å²) in [6.45, 7) is 1.63. The van der Waals surface area contributed by atoms with Crippen LogP contribution in [0.1, 0.15) is 17.3 Å². The zero-order chi connectivity index (χ0) is 14.5. The number of carbonyl (C=O) groups is 1. The number of nitrogens with two attached hydrogens (primary N) is 1. The molecule has 0 saturated carbocycles. The molecule has 1 rings (SSSR count). The predicted octanol–water partition coefficient (Wildman–Crippen LogP) is 0.442. The molecule has 6 nitrogen and oxygen atoms in total. The lowest BCUT2D eigenvalue weighted by molar-refractivity contribution is 0.0956. The van der Waals surface area contributed by atoms with E-state index in [0.717, 1.165) is 0 Å². The smallest absolute Gasteiger partial charge is 0.253 e. The molecule has 0 heterocycles. The number of amides is 1. The highest BCUT2D eigenvalue weighted by atomic mass is 32.2. The Kier molecular flexibility index (Phi) is 5.17. The highest BCUT2D eigenvalue weighted by Crippen LogP contribution is 2.24. The largest absolute Gasteiger partial charge is 0.495 e. The van der Waals surface area contributed by atoms with E-state index in [-0.39, 0.29) is 29.3 Å². The standard InChI is InChI=1S/C12H18N2O4S/c1-3-19(16,17)8-7-14-12(15)9-5-4-6-10(18-2)11(9)13/h4-6H,3,7-8,13H2,1-2H3,(H,14,15). The molecule has 1 aromatic carbocycles. The highest BCUT2D eigenvalue weighted by molar-refractivity contribution is 7.91. The SMILES string of the molecule is CCS(=O)(=O)CCNC(=O)c1cccc(OC)c1N. The summed E-state index contributed by atoms with van der Waals surface area (Å²) < 4.78 is 27.6. The lowest BCUT2D eigenvalue weighted by atomic mass is 10.1. The molecule has 0 spiro atoms. The maximum absolute atomic E-state index is 11.9. The number of carbonyl (C=O) groups excluding carboxylic acids is 1. The zero-order valence-electron chi connectivity index (χ0n) is 11.0. The molecule has 0 aliphatic carbocycles. The Morgan fingerprint density at radius 3 is 2.68 bits per heavy atom. The number of methoxy groups -OCH3 is 1. The van der Waals surface area contributed by atoms with E-state index in [0.29, 0.717) is 5.75 Å². The summed E-state index contributed by atoms with van der Waals surface area (Å²) in [5.74, 6) is -0.0277. The van der Waals surface area contributed by atoms with Crippen molar-refractivity contribution in [3.8, 4) is 5.75 Å². The Bertz CT molecular complexity index is 555. The monoisotopic (exact) mass is 286 g/mol. The fourth-order valence-electron chi connectivity index (χ4n) is 1.48. The summed E-state index contributed by atoms with van der Waals surface area (Å²) in [5, 5.41) is 2.53. The number of para-hydroxylation sites is 1. The maximum atomic E-state index is 11.9. The number of nitrogen functional groups attached to an aromatic ring is 1. The average Bonchev–Trinajstić information content (AvgIpc) is 2.38. The first-order valence-corrected chi connectivity index (χ1v) is 7.64. The number of ether oxygens (including phenoxy) is 1. The van der Waals surface area contributed by atoms with E-state index in [1.165, 1.54) is 7.11 Å². The van der Waals surface area contributed by atoms with Gasteiger partial charge in [-0.1, -0.05) is 13.0 Å². The second-order valence-corrected chi connectivity index (χ2v) is 6.39. The predicted molar refractivity (Wildman–Crippen MR) is 74.1 cm³/mol. The Balaban J connectivity index is 2.69. The molecule has 0 unspecified atom stereocenters. The van der Waals surface area contributed by atoms with E-state index in [4.69, 9.17) is 10.5 Å². The van der Waals surface area contributed by atoms with Crippen molar-refractivity contribution in [1.29, 1.82) is 0 Å². The molecule has 0 aromatic heterocycles. The number of sulfone groups is 1. The van der Waals surface area contributed by atoms with Crippen LogP contribution >= 0.6 is 0 Å². The summed E-state index contributed by atoms with van der Waals surface area (Å²) in [6, 6.07) is 4.85. The molecule has 7 heteroatoms. The molecule has 0 aliphatic heterocycles. The van der Waals surface area contributed by atoms with E-state index < -0.39 is 15.7 Å². The average molecular weight is 286 g/mol. The van der Waals surface area contributed by atoms with Crippen LogP contribution in [0, 0.1) is 0 Å². The minimum atomic E-state index is -3.09. The van der Waals surface area contributed by atoms with Crippen molar-refractivity contribution in [1.82, 2.24) is 5.32 Å². The van der Waals surface area contributed by atoms with Crippen molar-refractivity contribution in [3.63, 3.8) is 0 Å². The molecule has 0 atom stereocenters. The van der Waals surface area contributed by atoms with Gasteiger partial charge in [0.05, 0.1) is 24.1 Å². The quantitative estimate of drug-likeness (QED) is 0.739. The summed E-state index contributed by atoms with van der Waals surface area (Å²) in [4.78, 5) is 11.9. The number of hydrogen-bond donors (Lipinski definition) is 2. The Hall–Kier alpha value is -1.76. The number of benzene rings is 1. The van der Waals surface area contributed by atoms with Gasteiger partial charge in [0.25, 0.3) is 5.91 Å². The molecule has 0 bridgehead atoms. The van der Waals surface area contributed by atoms with Gasteiger partial charge in [-0.25, -0.2) is 8.42 Å². The first kappa shape index (κ1) is 15.3. The lowest BCUT2D eigenvalue weighted by Crippen LogP contribution is -2.30. The van der Waals surface area contributed by atoms with Crippen LogP contribution in [-0.4, -0.2) is 39.5 Å². The van der Waals surface area contributed by atoms with Gasteiger partial charge in [0.15, 0.2) is 9.84 Å². The second-order valence-electron chi connectivity index (χ2n) is 3.91. The van der Waals surface area contributed by atoms with Crippen LogP contribution in [0.25, 0.3) is 0 Å². The molecule has 3 N–H and O–H groups in total. The number of hydrogen-bond acceptors (Lipinski definition) is 5. The molecule has 0 saturated heterocycles. The Labute approximate surface area is 112 Å². The third-order valence-corrected chi connectivity index (χ3v) is 4.37. The zero-order valence-corrected chi connectivity index (χ0v) is 11.8. The highest BCUT2D eigenvalue weighted by Gasteiger charge is 2.14. The molecular weight excluding hydrogens is 268 g/mol. The van der Waals surface area contributed by atoms with Gasteiger partial charge < -0.3 is 15.8 Å². The molecule has 0 aliphatic rings. The van der Waals surface area contributed by atoms with Crippen LogP contribution in [0.2, 0.25) is 0 Å². The van der Waals surface area contributed by atoms with Gasteiger partial charge in [0, 0.05) is 12.3 Å². The molecule has 1 aromatic rings. The van der Waals surface area contributed by atoms with Crippen molar-refractivity contribution in [2.75, 3.05) is 30.9 Å². The van der Waals surface area contributed by atoms with Crippen LogP contribution in [0.5, 0.6) is 5.75 Å². The molecule has 0 radical (unpaired) electrons. The summed E-state index contributed by atoms with van der Waals surface area (Å²) in [7, 11) is -1.63. The van der Waals surface area contributed by atoms with Crippen molar-refractivity contribution in [2.45, 2.75) is 6.92 Å². The topological polar surface area (TPSA) is 98.5 Å². The summed E-state index contributed by atoms with van der Waals surface area (Å²) in [5.41, 5.74) is 6.28. The second kappa shape index (κ2) is 6.42. The summed E-state index contributed by atoms with van der Waals surface area (Å²) in [6.07, 6.45) is 0. The van der Waals surface area contributed by atoms with Gasteiger partial charge in [-0.2, -0.15) is 0 Å². The van der Waals surface area contributed by atoms with Gasteiger partial charge in [-0.3, -0.25) is 4.79 Å². The van der Waals surface area contributed by atoms with E-state index in [1.54, 1.807) is 25.1 Å². The first-order valence-electron chi connectivity index (χ1n) is 5.82. The Morgan fingerprint density at radius 1 is 1.42 bits per heavy atom. The van der Waals surface area contributed by atoms with Crippen LogP contribution in [0.3, 0.4) is 0 Å². The minimum absolute atomic E-state index is 0.0597. The third-order valence-electron chi connectivity index (χ3n) is 2.67. The minimum Gasteiger partial charge on any atom is -0.495 e. The fourth-order valence-corrected chi connectivity index (χ4v) is 2.18. The van der Waals surface area contributed by atoms with Gasteiger partial charge >= 0.3 is 0 Å². The summed E-state index contributed by atoms with van der Waals surface area (Å²) >= 11 is 0. The number of nitrogens with one attached hydrogen (secondary N) is 1. The normalized spacial score (nSPS) is 11.1. The lowest BCUT2D eigenvalue weighted by Gasteiger charge is -2.10. The van der Waals surface area contributed by atoms with Crippen LogP contribution in [-0.2, 0) is 9.84 Å². The number of anilines is 1. The van der Waals surface area contributed by atoms with Crippen molar-refractivity contribution < 1.29 is 17.9 Å². The van der Waals surface area contributed by atoms with Crippen LogP contribution in [0.4, 0.5) is 5.69 Å². The van der Waals surface area contributed by atoms with Gasteiger partial charge in [-0.05, 0) is 12.1 Å². The molecular formula is C12H18N2O4S. The van der Waals surface area contributed by atoms with E-state index in [1.807, 2.05) is 0 Å². The van der Waals surface area contributed by atoms with Crippen LogP contribution in [0.15, 0.2) is 18.2 Å². The first-order chi connectivity index (χ1) is 8.91. The van der Waals surface area contributed by atoms with E-state index >= 15 is 0 Å².